The van der Waals surface area contributed by atoms with Gasteiger partial charge in [-0.3, -0.25) is 4.79 Å². The lowest BCUT2D eigenvalue weighted by Crippen LogP contribution is -2.48. The van der Waals surface area contributed by atoms with Crippen molar-refractivity contribution in [3.63, 3.8) is 0 Å². The van der Waals surface area contributed by atoms with E-state index < -0.39 is 15.7 Å². The third-order valence-electron chi connectivity index (χ3n) is 1.56. The Balaban J connectivity index is 5.35. The fourth-order valence-electron chi connectivity index (χ4n) is 0.403. The van der Waals surface area contributed by atoms with Crippen LogP contribution < -0.4 is 0 Å². The third-order valence-corrected chi connectivity index (χ3v) is 6.32. The molecule has 0 fully saturated rings. The molecule has 0 unspecified atom stereocenters. The number of carbonyl (C=O) groups is 1. The number of rotatable bonds is 1. The molecule has 78 valence electrons. The molecule has 0 atom stereocenters. The highest BCUT2D eigenvalue weighted by Crippen LogP contribution is 2.62. The van der Waals surface area contributed by atoms with Crippen LogP contribution in [0.2, 0.25) is 0 Å². The van der Waals surface area contributed by atoms with E-state index in [0.717, 1.165) is 0 Å². The molecule has 0 aliphatic carbocycles. The second kappa shape index (κ2) is 4.69. The highest BCUT2D eigenvalue weighted by molar-refractivity contribution is 9.40. The monoisotopic (exact) mass is 570 g/mol. The summed E-state index contributed by atoms with van der Waals surface area (Å²) in [5, 5.41) is 9.12. The van der Waals surface area contributed by atoms with Gasteiger partial charge in [-0.1, -0.05) is 95.6 Å². The van der Waals surface area contributed by atoms with Crippen LogP contribution in [0.1, 0.15) is 6.92 Å². The first-order valence-corrected chi connectivity index (χ1v) is 7.57. The largest absolute Gasteiger partial charge is 0.481 e. The minimum absolute atomic E-state index is 0.942. The van der Waals surface area contributed by atoms with Crippen LogP contribution in [0.3, 0.4) is 0 Å². The molecule has 0 aromatic heterocycles. The number of hydrogen-bond donors (Lipinski definition) is 1. The molecular formula is C5H4Br6O2. The Morgan fingerprint density at radius 3 is 1.23 bits per heavy atom. The molecule has 2 nitrogen and oxygen atoms in total. The van der Waals surface area contributed by atoms with Gasteiger partial charge in [-0.05, 0) is 6.92 Å². The van der Waals surface area contributed by atoms with Crippen molar-refractivity contribution in [2.24, 2.45) is 5.41 Å². The Morgan fingerprint density at radius 1 is 1.00 bits per heavy atom. The molecule has 0 rings (SSSR count). The normalized spacial score (nSPS) is 14.4. The quantitative estimate of drug-likeness (QED) is 0.459. The van der Waals surface area contributed by atoms with Crippen LogP contribution in [0.5, 0.6) is 0 Å². The van der Waals surface area contributed by atoms with E-state index in [0.29, 0.717) is 0 Å². The van der Waals surface area contributed by atoms with E-state index in [2.05, 4.69) is 95.6 Å². The van der Waals surface area contributed by atoms with E-state index in [1.165, 1.54) is 0 Å². The van der Waals surface area contributed by atoms with Gasteiger partial charge in [0.25, 0.3) is 0 Å². The molecule has 0 radical (unpaired) electrons. The smallest absolute Gasteiger partial charge is 0.315 e. The van der Waals surface area contributed by atoms with Crippen LogP contribution in [0.25, 0.3) is 0 Å². The van der Waals surface area contributed by atoms with Crippen LogP contribution in [0.15, 0.2) is 0 Å². The Hall–Kier alpha value is 2.35. The van der Waals surface area contributed by atoms with Crippen LogP contribution in [0, 0.1) is 5.41 Å². The SMILES string of the molecule is CC(C(=O)O)(C(Br)(Br)Br)C(Br)(Br)Br. The van der Waals surface area contributed by atoms with Crippen LogP contribution in [-0.4, -0.2) is 15.4 Å². The van der Waals surface area contributed by atoms with Crippen molar-refractivity contribution in [3.8, 4) is 0 Å². The first-order valence-electron chi connectivity index (χ1n) is 2.81. The van der Waals surface area contributed by atoms with Crippen LogP contribution in [-0.2, 0) is 4.79 Å². The van der Waals surface area contributed by atoms with Gasteiger partial charge in [-0.25, -0.2) is 0 Å². The predicted molar refractivity (Wildman–Crippen MR) is 74.8 cm³/mol. The number of aliphatic carboxylic acids is 1. The predicted octanol–water partition coefficient (Wildman–Crippen LogP) is 4.75. The first-order chi connectivity index (χ1) is 5.44. The lowest BCUT2D eigenvalue weighted by atomic mass is 9.97. The molecule has 1 N–H and O–H groups in total. The summed E-state index contributed by atoms with van der Waals surface area (Å²) in [6, 6.07) is 0. The Labute approximate surface area is 126 Å². The molecule has 0 spiro atoms. The lowest BCUT2D eigenvalue weighted by Gasteiger charge is -2.39. The maximum Gasteiger partial charge on any atom is 0.315 e. The summed E-state index contributed by atoms with van der Waals surface area (Å²) < 4.78 is -1.88. The second-order valence-corrected chi connectivity index (χ2v) is 15.9. The average Bonchev–Trinajstić information content (AvgIpc) is 1.80. The van der Waals surface area contributed by atoms with Gasteiger partial charge in [0.2, 0.25) is 0 Å². The standard InChI is InChI=1S/C5H4Br6O2/c1-3(2(12)13,4(6,7)8)5(9,10)11/h1H3,(H,12,13). The zero-order chi connectivity index (χ0) is 11.1. The van der Waals surface area contributed by atoms with Gasteiger partial charge in [0.1, 0.15) is 5.41 Å². The number of hydrogen-bond acceptors (Lipinski definition) is 1. The number of alkyl halides is 6. The van der Waals surface area contributed by atoms with Gasteiger partial charge >= 0.3 is 5.97 Å². The van der Waals surface area contributed by atoms with Crippen molar-refractivity contribution in [2.75, 3.05) is 0 Å². The lowest BCUT2D eigenvalue weighted by molar-refractivity contribution is -0.146. The number of halogens is 6. The summed E-state index contributed by atoms with van der Waals surface area (Å²) >= 11 is 19.2. The maximum absolute atomic E-state index is 11.1. The van der Waals surface area contributed by atoms with Gasteiger partial charge in [-0.2, -0.15) is 0 Å². The summed E-state index contributed by atoms with van der Waals surface area (Å²) in [4.78, 5) is 11.1. The van der Waals surface area contributed by atoms with Crippen molar-refractivity contribution in [2.45, 2.75) is 11.2 Å². The highest BCUT2D eigenvalue weighted by atomic mass is 80.0. The Bertz CT molecular complexity index is 200. The van der Waals surface area contributed by atoms with Gasteiger partial charge < -0.3 is 5.11 Å². The first kappa shape index (κ1) is 15.3. The van der Waals surface area contributed by atoms with Crippen molar-refractivity contribution in [1.29, 1.82) is 0 Å². The Morgan fingerprint density at radius 2 is 1.23 bits per heavy atom. The zero-order valence-corrected chi connectivity index (χ0v) is 15.6. The van der Waals surface area contributed by atoms with Gasteiger partial charge in [0.05, 0.1) is 0 Å². The van der Waals surface area contributed by atoms with E-state index in [4.69, 9.17) is 5.11 Å². The molecule has 0 aliphatic rings. The van der Waals surface area contributed by atoms with Crippen LogP contribution in [0.4, 0.5) is 0 Å². The summed E-state index contributed by atoms with van der Waals surface area (Å²) in [5.74, 6) is -0.997. The highest BCUT2D eigenvalue weighted by Gasteiger charge is 2.60. The summed E-state index contributed by atoms with van der Waals surface area (Å²) in [5.41, 5.74) is -1.21. The topological polar surface area (TPSA) is 37.3 Å². The molecule has 0 saturated heterocycles. The molecule has 0 aromatic carbocycles. The molecule has 0 bridgehead atoms. The van der Waals surface area contributed by atoms with E-state index in [-0.39, 0.29) is 0 Å². The van der Waals surface area contributed by atoms with E-state index in [9.17, 15) is 4.79 Å². The van der Waals surface area contributed by atoms with Crippen molar-refractivity contribution >= 4 is 102 Å². The number of carboxylic acids is 1. The molecule has 0 heterocycles. The Kier molecular flexibility index (Phi) is 5.54. The minimum atomic E-state index is -1.21. The molecule has 13 heavy (non-hydrogen) atoms. The van der Waals surface area contributed by atoms with Gasteiger partial charge in [-0.15, -0.1) is 0 Å². The van der Waals surface area contributed by atoms with Crippen molar-refractivity contribution in [3.05, 3.63) is 0 Å². The molecule has 0 amide bonds. The summed E-state index contributed by atoms with van der Waals surface area (Å²) in [7, 11) is 0. The van der Waals surface area contributed by atoms with Crippen LogP contribution >= 0.6 is 95.6 Å². The molecule has 8 heteroatoms. The second-order valence-electron chi connectivity index (χ2n) is 2.43. The minimum Gasteiger partial charge on any atom is -0.481 e. The summed E-state index contributed by atoms with van der Waals surface area (Å²) in [6.07, 6.45) is 0. The maximum atomic E-state index is 11.1. The van der Waals surface area contributed by atoms with E-state index >= 15 is 0 Å². The van der Waals surface area contributed by atoms with Crippen molar-refractivity contribution < 1.29 is 9.90 Å². The van der Waals surface area contributed by atoms with E-state index in [1.807, 2.05) is 0 Å². The molecular weight excluding hydrogens is 571 g/mol. The average molecular weight is 576 g/mol. The molecule has 0 saturated carbocycles. The molecule has 0 aromatic rings. The fraction of sp³-hybridized carbons (Fsp3) is 0.800. The third kappa shape index (κ3) is 3.15. The number of carboxylic acid groups (broad SMARTS) is 1. The zero-order valence-electron chi connectivity index (χ0n) is 6.12. The summed E-state index contributed by atoms with van der Waals surface area (Å²) in [6.45, 7) is 1.55. The fourth-order valence-corrected chi connectivity index (χ4v) is 5.60. The van der Waals surface area contributed by atoms with Gasteiger partial charge in [0, 0.05) is 0 Å². The van der Waals surface area contributed by atoms with E-state index in [1.54, 1.807) is 6.92 Å². The van der Waals surface area contributed by atoms with Gasteiger partial charge in [0.15, 0.2) is 4.29 Å². The van der Waals surface area contributed by atoms with Crippen molar-refractivity contribution in [1.82, 2.24) is 0 Å². The molecule has 0 aliphatic heterocycles.